The van der Waals surface area contributed by atoms with Crippen molar-refractivity contribution in [3.8, 4) is 0 Å². The summed E-state index contributed by atoms with van der Waals surface area (Å²) >= 11 is 3.40. The molecule has 0 fully saturated rings. The summed E-state index contributed by atoms with van der Waals surface area (Å²) in [4.78, 5) is 4.38. The lowest BCUT2D eigenvalue weighted by Crippen LogP contribution is -2.03. The first-order valence-corrected chi connectivity index (χ1v) is 6.54. The fourth-order valence-corrected chi connectivity index (χ4v) is 1.84. The van der Waals surface area contributed by atoms with Gasteiger partial charge in [-0.15, -0.1) is 0 Å². The summed E-state index contributed by atoms with van der Waals surface area (Å²) in [5, 5.41) is 0. The number of pyridine rings is 1. The van der Waals surface area contributed by atoms with E-state index in [1.807, 2.05) is 42.5 Å². The Morgan fingerprint density at radius 1 is 1.00 bits per heavy atom. The predicted octanol–water partition coefficient (Wildman–Crippen LogP) is 3.02. The highest BCUT2D eigenvalue weighted by Gasteiger charge is 1.98. The van der Waals surface area contributed by atoms with Crippen molar-refractivity contribution in [2.75, 3.05) is 0 Å². The minimum atomic E-state index is 0.459. The molecule has 4 heteroatoms. The van der Waals surface area contributed by atoms with Crippen LogP contribution in [0.4, 0.5) is 0 Å². The molecule has 94 valence electrons. The quantitative estimate of drug-likeness (QED) is 0.923. The monoisotopic (exact) mass is 306 g/mol. The van der Waals surface area contributed by atoms with Crippen molar-refractivity contribution in [2.24, 2.45) is 5.73 Å². The van der Waals surface area contributed by atoms with Gasteiger partial charge in [0.25, 0.3) is 0 Å². The Balaban J connectivity index is 1.86. The van der Waals surface area contributed by atoms with Crippen LogP contribution in [0.3, 0.4) is 0 Å². The molecule has 0 spiro atoms. The number of hydrogen-bond donors (Lipinski definition) is 1. The molecule has 2 N–H and O–H groups in total. The molecule has 2 rings (SSSR count). The molecule has 18 heavy (non-hydrogen) atoms. The SMILES string of the molecule is NCc1cccc(COCc2ccc(Br)cc2)n1. The van der Waals surface area contributed by atoms with Gasteiger partial charge in [-0.3, -0.25) is 4.98 Å². The first-order valence-electron chi connectivity index (χ1n) is 5.75. The van der Waals surface area contributed by atoms with E-state index in [2.05, 4.69) is 20.9 Å². The van der Waals surface area contributed by atoms with Gasteiger partial charge in [-0.1, -0.05) is 34.1 Å². The van der Waals surface area contributed by atoms with Crippen LogP contribution < -0.4 is 5.73 Å². The molecule has 0 aliphatic carbocycles. The van der Waals surface area contributed by atoms with Gasteiger partial charge in [0.15, 0.2) is 0 Å². The first kappa shape index (κ1) is 13.2. The van der Waals surface area contributed by atoms with Crippen LogP contribution in [0.5, 0.6) is 0 Å². The Bertz CT molecular complexity index is 499. The number of nitrogens with two attached hydrogens (primary N) is 1. The molecule has 0 amide bonds. The van der Waals surface area contributed by atoms with E-state index >= 15 is 0 Å². The Labute approximate surface area is 115 Å². The lowest BCUT2D eigenvalue weighted by molar-refractivity contribution is 0.104. The third-order valence-electron chi connectivity index (χ3n) is 2.51. The average Bonchev–Trinajstić information content (AvgIpc) is 2.41. The first-order chi connectivity index (χ1) is 8.78. The van der Waals surface area contributed by atoms with E-state index in [0.717, 1.165) is 21.4 Å². The third-order valence-corrected chi connectivity index (χ3v) is 3.03. The van der Waals surface area contributed by atoms with Gasteiger partial charge in [-0.25, -0.2) is 0 Å². The summed E-state index contributed by atoms with van der Waals surface area (Å²) < 4.78 is 6.70. The van der Waals surface area contributed by atoms with Crippen molar-refractivity contribution < 1.29 is 4.74 Å². The summed E-state index contributed by atoms with van der Waals surface area (Å²) in [7, 11) is 0. The van der Waals surface area contributed by atoms with Crippen molar-refractivity contribution in [3.05, 3.63) is 63.9 Å². The molecule has 0 aliphatic heterocycles. The van der Waals surface area contributed by atoms with E-state index in [1.54, 1.807) is 0 Å². The largest absolute Gasteiger partial charge is 0.370 e. The highest BCUT2D eigenvalue weighted by molar-refractivity contribution is 9.10. The summed E-state index contributed by atoms with van der Waals surface area (Å²) in [6.07, 6.45) is 0. The van der Waals surface area contributed by atoms with Crippen LogP contribution in [0.15, 0.2) is 46.9 Å². The highest BCUT2D eigenvalue weighted by Crippen LogP contribution is 2.11. The van der Waals surface area contributed by atoms with Crippen LogP contribution in [-0.4, -0.2) is 4.98 Å². The number of benzene rings is 1. The molecule has 0 bridgehead atoms. The maximum atomic E-state index is 5.63. The summed E-state index contributed by atoms with van der Waals surface area (Å²) in [5.41, 5.74) is 8.49. The number of hydrogen-bond acceptors (Lipinski definition) is 3. The van der Waals surface area contributed by atoms with E-state index in [1.165, 1.54) is 0 Å². The summed E-state index contributed by atoms with van der Waals surface area (Å²) in [6.45, 7) is 1.55. The molecule has 0 unspecified atom stereocenters. The van der Waals surface area contributed by atoms with Crippen LogP contribution in [0.1, 0.15) is 17.0 Å². The smallest absolute Gasteiger partial charge is 0.0892 e. The molecule has 1 aromatic carbocycles. The zero-order valence-corrected chi connectivity index (χ0v) is 11.6. The Morgan fingerprint density at radius 2 is 1.72 bits per heavy atom. The van der Waals surface area contributed by atoms with E-state index in [-0.39, 0.29) is 0 Å². The van der Waals surface area contributed by atoms with Crippen molar-refractivity contribution in [3.63, 3.8) is 0 Å². The van der Waals surface area contributed by atoms with Gasteiger partial charge in [0.05, 0.1) is 24.6 Å². The Hall–Kier alpha value is -1.23. The zero-order valence-electron chi connectivity index (χ0n) is 9.97. The second-order valence-electron chi connectivity index (χ2n) is 3.94. The topological polar surface area (TPSA) is 48.1 Å². The van der Waals surface area contributed by atoms with Crippen molar-refractivity contribution >= 4 is 15.9 Å². The van der Waals surface area contributed by atoms with E-state index in [9.17, 15) is 0 Å². The normalized spacial score (nSPS) is 10.6. The molecule has 1 heterocycles. The molecule has 0 aliphatic rings. The third kappa shape index (κ3) is 3.91. The molecular formula is C14H15BrN2O. The number of aromatic nitrogens is 1. The predicted molar refractivity (Wildman–Crippen MR) is 74.8 cm³/mol. The second-order valence-corrected chi connectivity index (χ2v) is 4.86. The van der Waals surface area contributed by atoms with E-state index in [4.69, 9.17) is 10.5 Å². The maximum absolute atomic E-state index is 5.63. The van der Waals surface area contributed by atoms with Gasteiger partial charge in [-0.05, 0) is 29.8 Å². The standard InChI is InChI=1S/C14H15BrN2O/c15-12-6-4-11(5-7-12)9-18-10-14-3-1-2-13(8-16)17-14/h1-7H,8-10,16H2. The molecule has 0 radical (unpaired) electrons. The molecule has 0 saturated heterocycles. The maximum Gasteiger partial charge on any atom is 0.0892 e. The van der Waals surface area contributed by atoms with E-state index in [0.29, 0.717) is 19.8 Å². The molecule has 2 aromatic rings. The van der Waals surface area contributed by atoms with Crippen LogP contribution in [0, 0.1) is 0 Å². The lowest BCUT2D eigenvalue weighted by Gasteiger charge is -2.05. The zero-order chi connectivity index (χ0) is 12.8. The Morgan fingerprint density at radius 3 is 2.44 bits per heavy atom. The second kappa shape index (κ2) is 6.64. The molecular weight excluding hydrogens is 292 g/mol. The fourth-order valence-electron chi connectivity index (χ4n) is 1.58. The van der Waals surface area contributed by atoms with Crippen molar-refractivity contribution in [1.82, 2.24) is 4.98 Å². The van der Waals surface area contributed by atoms with Gasteiger partial charge < -0.3 is 10.5 Å². The molecule has 0 atom stereocenters. The van der Waals surface area contributed by atoms with Gasteiger partial charge >= 0.3 is 0 Å². The minimum Gasteiger partial charge on any atom is -0.370 e. The van der Waals surface area contributed by atoms with Gasteiger partial charge in [0.1, 0.15) is 0 Å². The number of ether oxygens (including phenoxy) is 1. The average molecular weight is 307 g/mol. The van der Waals surface area contributed by atoms with Crippen LogP contribution in [0.2, 0.25) is 0 Å². The molecule has 1 aromatic heterocycles. The summed E-state index contributed by atoms with van der Waals surface area (Å²) in [6, 6.07) is 13.9. The number of rotatable bonds is 5. The number of halogens is 1. The van der Waals surface area contributed by atoms with Crippen molar-refractivity contribution in [1.29, 1.82) is 0 Å². The fraction of sp³-hybridized carbons (Fsp3) is 0.214. The Kier molecular flexibility index (Phi) is 4.87. The van der Waals surface area contributed by atoms with Crippen molar-refractivity contribution in [2.45, 2.75) is 19.8 Å². The van der Waals surface area contributed by atoms with Crippen LogP contribution >= 0.6 is 15.9 Å². The van der Waals surface area contributed by atoms with Gasteiger partial charge in [0, 0.05) is 11.0 Å². The lowest BCUT2D eigenvalue weighted by atomic mass is 10.2. The summed E-state index contributed by atoms with van der Waals surface area (Å²) in [5.74, 6) is 0. The van der Waals surface area contributed by atoms with Crippen LogP contribution in [0.25, 0.3) is 0 Å². The van der Waals surface area contributed by atoms with Gasteiger partial charge in [-0.2, -0.15) is 0 Å². The van der Waals surface area contributed by atoms with Gasteiger partial charge in [0.2, 0.25) is 0 Å². The number of nitrogens with zero attached hydrogens (tertiary/aromatic N) is 1. The van der Waals surface area contributed by atoms with Crippen LogP contribution in [-0.2, 0) is 24.5 Å². The van der Waals surface area contributed by atoms with E-state index < -0.39 is 0 Å². The highest BCUT2D eigenvalue weighted by atomic mass is 79.9. The molecule has 0 saturated carbocycles. The molecule has 3 nitrogen and oxygen atoms in total. The minimum absolute atomic E-state index is 0.459.